The van der Waals surface area contributed by atoms with Crippen molar-refractivity contribution < 1.29 is 26.4 Å². The topological polar surface area (TPSA) is 78.8 Å². The van der Waals surface area contributed by atoms with Gasteiger partial charge in [0, 0.05) is 4.47 Å². The quantitative estimate of drug-likeness (QED) is 0.302. The van der Waals surface area contributed by atoms with E-state index in [1.165, 1.54) is 18.2 Å². The van der Waals surface area contributed by atoms with Gasteiger partial charge in [0.25, 0.3) is 15.9 Å². The minimum atomic E-state index is -4.69. The average molecular weight is 568 g/mol. The maximum absolute atomic E-state index is 13.4. The molecule has 0 atom stereocenters. The highest BCUT2D eigenvalue weighted by Gasteiger charge is 2.33. The van der Waals surface area contributed by atoms with E-state index in [2.05, 4.69) is 26.5 Å². The minimum Gasteiger partial charge on any atom is -0.271 e. The summed E-state index contributed by atoms with van der Waals surface area (Å²) in [4.78, 5) is 12.5. The van der Waals surface area contributed by atoms with Gasteiger partial charge in [0.2, 0.25) is 0 Å². The Morgan fingerprint density at radius 3 is 2.26 bits per heavy atom. The van der Waals surface area contributed by atoms with Gasteiger partial charge in [-0.25, -0.2) is 13.8 Å². The molecule has 1 amide bonds. The third-order valence-electron chi connectivity index (χ3n) is 4.97. The number of anilines is 1. The molecule has 3 rings (SSSR count). The molecule has 1 N–H and O–H groups in total. The van der Waals surface area contributed by atoms with Crippen LogP contribution in [0, 0.1) is 6.92 Å². The Bertz CT molecular complexity index is 1340. The monoisotopic (exact) mass is 567 g/mol. The van der Waals surface area contributed by atoms with Crippen LogP contribution in [0.15, 0.2) is 87.3 Å². The zero-order valence-electron chi connectivity index (χ0n) is 18.7. The molecule has 0 aromatic heterocycles. The number of benzene rings is 3. The summed E-state index contributed by atoms with van der Waals surface area (Å²) in [5.74, 6) is -0.824. The largest absolute Gasteiger partial charge is 0.416 e. The summed E-state index contributed by atoms with van der Waals surface area (Å²) < 4.78 is 68.1. The second-order valence-electron chi connectivity index (χ2n) is 7.61. The second-order valence-corrected chi connectivity index (χ2v) is 10.4. The summed E-state index contributed by atoms with van der Waals surface area (Å²) in [7, 11) is -4.37. The lowest BCUT2D eigenvalue weighted by atomic mass is 10.1. The summed E-state index contributed by atoms with van der Waals surface area (Å²) in [5, 5.41) is 3.99. The molecule has 35 heavy (non-hydrogen) atoms. The molecular formula is C24H21BrF3N3O3S. The number of sulfonamides is 1. The van der Waals surface area contributed by atoms with Gasteiger partial charge in [-0.1, -0.05) is 51.8 Å². The Morgan fingerprint density at radius 2 is 1.66 bits per heavy atom. The number of hydrazone groups is 1. The molecule has 0 spiro atoms. The van der Waals surface area contributed by atoms with Crippen LogP contribution < -0.4 is 9.73 Å². The van der Waals surface area contributed by atoms with Crippen molar-refractivity contribution in [3.63, 3.8) is 0 Å². The number of nitrogens with zero attached hydrogens (tertiary/aromatic N) is 2. The molecule has 11 heteroatoms. The number of carbonyl (C=O) groups excluding carboxylic acids is 1. The number of hydrogen-bond donors (Lipinski definition) is 1. The standard InChI is InChI=1S/C24H21BrF3N3O3S/c1-16-6-12-22(13-7-16)35(33,34)31(21-5-3-4-19(14-21)24(26,27)28)15-23(32)30-29-17(2)18-8-10-20(25)11-9-18/h3-14H,15H2,1-2H3,(H,30,32)/b29-17-. The van der Waals surface area contributed by atoms with Crippen molar-refractivity contribution in [1.29, 1.82) is 0 Å². The summed E-state index contributed by atoms with van der Waals surface area (Å²) in [5.41, 5.74) is 2.91. The molecule has 0 fully saturated rings. The Hall–Kier alpha value is -3.18. The van der Waals surface area contributed by atoms with Crippen LogP contribution in [0.5, 0.6) is 0 Å². The Kier molecular flexibility index (Phi) is 8.01. The lowest BCUT2D eigenvalue weighted by Gasteiger charge is -2.24. The number of rotatable bonds is 7. The van der Waals surface area contributed by atoms with Gasteiger partial charge in [0.1, 0.15) is 6.54 Å². The first-order valence-electron chi connectivity index (χ1n) is 10.2. The van der Waals surface area contributed by atoms with E-state index in [4.69, 9.17) is 0 Å². The lowest BCUT2D eigenvalue weighted by molar-refractivity contribution is -0.137. The van der Waals surface area contributed by atoms with Crippen molar-refractivity contribution in [3.05, 3.63) is 94.0 Å². The van der Waals surface area contributed by atoms with E-state index in [1.54, 1.807) is 50.2 Å². The predicted molar refractivity (Wildman–Crippen MR) is 132 cm³/mol. The molecule has 0 radical (unpaired) electrons. The van der Waals surface area contributed by atoms with E-state index in [9.17, 15) is 26.4 Å². The average Bonchev–Trinajstić information content (AvgIpc) is 2.81. The molecule has 0 aliphatic rings. The Balaban J connectivity index is 1.94. The van der Waals surface area contributed by atoms with Crippen LogP contribution >= 0.6 is 15.9 Å². The number of carbonyl (C=O) groups is 1. The van der Waals surface area contributed by atoms with Gasteiger partial charge in [-0.05, 0) is 61.9 Å². The smallest absolute Gasteiger partial charge is 0.271 e. The highest BCUT2D eigenvalue weighted by molar-refractivity contribution is 9.10. The van der Waals surface area contributed by atoms with E-state index < -0.39 is 34.2 Å². The lowest BCUT2D eigenvalue weighted by Crippen LogP contribution is -2.40. The fourth-order valence-electron chi connectivity index (χ4n) is 3.06. The summed E-state index contributed by atoms with van der Waals surface area (Å²) in [6, 6.07) is 16.7. The SMILES string of the molecule is C/C(=N/NC(=O)CN(c1cccc(C(F)(F)F)c1)S(=O)(=O)c1ccc(C)cc1)c1ccc(Br)cc1. The van der Waals surface area contributed by atoms with Crippen molar-refractivity contribution >= 4 is 43.3 Å². The van der Waals surface area contributed by atoms with Gasteiger partial charge >= 0.3 is 6.18 Å². The highest BCUT2D eigenvalue weighted by atomic mass is 79.9. The van der Waals surface area contributed by atoms with Crippen LogP contribution in [0.1, 0.15) is 23.6 Å². The fourth-order valence-corrected chi connectivity index (χ4v) is 4.73. The predicted octanol–water partition coefficient (Wildman–Crippen LogP) is 5.51. The van der Waals surface area contributed by atoms with Gasteiger partial charge in [-0.15, -0.1) is 0 Å². The molecule has 184 valence electrons. The highest BCUT2D eigenvalue weighted by Crippen LogP contribution is 2.33. The molecule has 0 unspecified atom stereocenters. The fraction of sp³-hybridized carbons (Fsp3) is 0.167. The van der Waals surface area contributed by atoms with E-state index in [0.29, 0.717) is 16.1 Å². The number of alkyl halides is 3. The van der Waals surface area contributed by atoms with E-state index in [0.717, 1.165) is 27.7 Å². The molecular weight excluding hydrogens is 547 g/mol. The van der Waals surface area contributed by atoms with Crippen molar-refractivity contribution in [1.82, 2.24) is 5.43 Å². The molecule has 0 bridgehead atoms. The van der Waals surface area contributed by atoms with E-state index in [-0.39, 0.29) is 10.6 Å². The molecule has 6 nitrogen and oxygen atoms in total. The number of halogens is 4. The first kappa shape index (κ1) is 26.4. The third-order valence-corrected chi connectivity index (χ3v) is 7.28. The number of nitrogens with one attached hydrogen (secondary N) is 1. The summed E-state index contributed by atoms with van der Waals surface area (Å²) in [6.07, 6.45) is -4.69. The van der Waals surface area contributed by atoms with Crippen LogP contribution in [0.3, 0.4) is 0 Å². The maximum atomic E-state index is 13.4. The van der Waals surface area contributed by atoms with Crippen LogP contribution in [-0.2, 0) is 21.0 Å². The molecule has 0 aliphatic heterocycles. The van der Waals surface area contributed by atoms with Crippen molar-refractivity contribution in [2.75, 3.05) is 10.8 Å². The third kappa shape index (κ3) is 6.70. The molecule has 0 aliphatic carbocycles. The van der Waals surface area contributed by atoms with Gasteiger partial charge in [-0.3, -0.25) is 9.10 Å². The van der Waals surface area contributed by atoms with Crippen molar-refractivity contribution in [2.24, 2.45) is 5.10 Å². The van der Waals surface area contributed by atoms with Crippen LogP contribution in [0.4, 0.5) is 18.9 Å². The van der Waals surface area contributed by atoms with Crippen molar-refractivity contribution in [3.8, 4) is 0 Å². The summed E-state index contributed by atoms with van der Waals surface area (Å²) in [6.45, 7) is 2.63. The van der Waals surface area contributed by atoms with Gasteiger partial charge in [0.15, 0.2) is 0 Å². The van der Waals surface area contributed by atoms with Crippen molar-refractivity contribution in [2.45, 2.75) is 24.9 Å². The molecule has 3 aromatic rings. The second kappa shape index (κ2) is 10.6. The molecule has 0 saturated carbocycles. The van der Waals surface area contributed by atoms with Gasteiger partial charge in [-0.2, -0.15) is 18.3 Å². The number of hydrogen-bond acceptors (Lipinski definition) is 4. The number of amides is 1. The number of aryl methyl sites for hydroxylation is 1. The normalized spacial score (nSPS) is 12.3. The van der Waals surface area contributed by atoms with Crippen LogP contribution in [0.2, 0.25) is 0 Å². The van der Waals surface area contributed by atoms with Crippen LogP contribution in [0.25, 0.3) is 0 Å². The zero-order valence-corrected chi connectivity index (χ0v) is 21.1. The van der Waals surface area contributed by atoms with E-state index >= 15 is 0 Å². The summed E-state index contributed by atoms with van der Waals surface area (Å²) >= 11 is 3.32. The first-order chi connectivity index (χ1) is 16.4. The molecule has 0 heterocycles. The van der Waals surface area contributed by atoms with E-state index in [1.807, 2.05) is 0 Å². The van der Waals surface area contributed by atoms with Gasteiger partial charge in [0.05, 0.1) is 21.9 Å². The Morgan fingerprint density at radius 1 is 1.03 bits per heavy atom. The zero-order chi connectivity index (χ0) is 25.8. The van der Waals surface area contributed by atoms with Crippen LogP contribution in [-0.4, -0.2) is 26.6 Å². The Labute approximate surface area is 209 Å². The molecule has 3 aromatic carbocycles. The first-order valence-corrected chi connectivity index (χ1v) is 12.5. The van der Waals surface area contributed by atoms with Gasteiger partial charge < -0.3 is 0 Å². The molecule has 0 saturated heterocycles. The maximum Gasteiger partial charge on any atom is 0.416 e. The minimum absolute atomic E-state index is 0.164.